The van der Waals surface area contributed by atoms with Crippen molar-refractivity contribution in [1.29, 1.82) is 0 Å². The van der Waals surface area contributed by atoms with Gasteiger partial charge >= 0.3 is 0 Å². The molecule has 142 heavy (non-hydrogen) atoms. The fourth-order valence-corrected chi connectivity index (χ4v) is 20.3. The Bertz CT molecular complexity index is 7440. The van der Waals surface area contributed by atoms with E-state index in [4.69, 9.17) is 9.97 Å². The van der Waals surface area contributed by atoms with Gasteiger partial charge in [0.1, 0.15) is 24.6 Å². The predicted molar refractivity (Wildman–Crippen MR) is 592 cm³/mol. The standard InChI is InChI=1S/C47H51N2.C46H49N2.C41H31N2.2Ir/c1-31(2)42-29-39(30-43(32(3)4)44(42)49-25-24-48-45(49)35-14-12-11-13-15-35)38-27-36(33-16-20-40(21-17-33)46(5,6)7)26-37(28-38)34-18-22-41(23-19-34)47(8,9)10;1-29-12-11-13-30(2)43(29)48-25-24-47-28-36-15-14-35(26-41(36)44(47)48)42-31(3)39(33-16-20-37(21-17-33)45(5,6)7)27-40(32(42)4)34-18-22-38(23-19-34)46(8,9)10;1-29-12-9-13-30(2)40(29)43-23-22-42-41(43)36-21-11-19-34(25-36)33-18-10-20-35(24-33)39-27-37(31-14-5-3-6-15-31)26-38(28-39)32-16-7-4-8-17-32;;/h11-14,16-32H,1-10H3;11-27H,28H2,1-10H3;3-20,22-28H,1-2H3;;/q-1;+1;-1;;. The molecular weight excluding hydrogens is 2080 g/mol. The molecule has 0 aliphatic carbocycles. The number of benzene rings is 16. The summed E-state index contributed by atoms with van der Waals surface area (Å²) in [5.41, 5.74) is 49.0. The van der Waals surface area contributed by atoms with Crippen molar-refractivity contribution in [2.45, 2.75) is 192 Å². The number of aromatic nitrogens is 6. The van der Waals surface area contributed by atoms with Crippen LogP contribution in [0.1, 0.15) is 195 Å². The zero-order valence-corrected chi connectivity index (χ0v) is 91.2. The summed E-state index contributed by atoms with van der Waals surface area (Å²) in [7, 11) is 0. The molecule has 16 aromatic carbocycles. The first-order chi connectivity index (χ1) is 67.1. The van der Waals surface area contributed by atoms with Crippen molar-refractivity contribution in [2.75, 3.05) is 0 Å². The summed E-state index contributed by atoms with van der Waals surface area (Å²) in [6, 6.07) is 130. The molecule has 0 unspecified atom stereocenters. The van der Waals surface area contributed by atoms with Crippen LogP contribution in [-0.4, -0.2) is 23.7 Å². The molecule has 3 aromatic heterocycles. The van der Waals surface area contributed by atoms with Crippen LogP contribution in [0.2, 0.25) is 0 Å². The molecule has 0 bridgehead atoms. The van der Waals surface area contributed by atoms with Crippen molar-refractivity contribution in [2.24, 2.45) is 0 Å². The molecule has 0 fully saturated rings. The minimum absolute atomic E-state index is 0. The van der Waals surface area contributed by atoms with Crippen LogP contribution in [0.4, 0.5) is 0 Å². The SMILES string of the molecule is CC(C)c1cc(-c2cc(-c3ccc(C(C)(C)C)cc3)cc(-c3ccc(C(C)(C)C)cc3)c2)cc(C(C)C)c1-n1ccnc1-c1[c-]cccc1.Cc1cccc(C)c1-n1cc[n+]2c1-c1cc(-c3c(C)c(-c4ccc(C(C)(C)C)cc4)cc(-c4ccc(C(C)(C)C)cc4)c3C)ccc1C2.Cc1cccc(C)c1-n1ccnc1-c1[c-]ccc(-c2cccc(-c3cc(-c4ccccc4)cc(-c4ccccc4)c3)c2)c1.[Ir].[Ir]. The van der Waals surface area contributed by atoms with E-state index in [2.05, 4.69) is 517 Å². The van der Waals surface area contributed by atoms with E-state index in [0.717, 1.165) is 40.4 Å². The number of hydrogen-bond acceptors (Lipinski definition) is 2. The molecule has 716 valence electrons. The first-order valence-corrected chi connectivity index (χ1v) is 49.8. The Kier molecular flexibility index (Phi) is 29.9. The Morgan fingerprint density at radius 3 is 1.06 bits per heavy atom. The monoisotopic (exact) mass is 2210 g/mol. The largest absolute Gasteiger partial charge is 0.340 e. The molecule has 4 heterocycles. The maximum absolute atomic E-state index is 4.81. The van der Waals surface area contributed by atoms with Gasteiger partial charge in [0.2, 0.25) is 0 Å². The summed E-state index contributed by atoms with van der Waals surface area (Å²) in [6.07, 6.45) is 12.4. The van der Waals surface area contributed by atoms with Crippen LogP contribution in [0.15, 0.2) is 371 Å². The number of imidazole rings is 3. The number of para-hydroxylation sites is 2. The summed E-state index contributed by atoms with van der Waals surface area (Å²) in [4.78, 5) is 9.56. The van der Waals surface area contributed by atoms with Crippen molar-refractivity contribution >= 4 is 0 Å². The van der Waals surface area contributed by atoms with Gasteiger partial charge in [0.05, 0.1) is 17.2 Å². The third-order valence-corrected chi connectivity index (χ3v) is 28.2. The van der Waals surface area contributed by atoms with Gasteiger partial charge in [-0.2, -0.15) is 4.57 Å². The van der Waals surface area contributed by atoms with Crippen LogP contribution in [-0.2, 0) is 68.4 Å². The first-order valence-electron chi connectivity index (χ1n) is 49.8. The molecule has 19 aromatic rings. The maximum atomic E-state index is 4.81. The molecule has 0 saturated heterocycles. The van der Waals surface area contributed by atoms with Crippen LogP contribution in [0.5, 0.6) is 0 Å². The van der Waals surface area contributed by atoms with Gasteiger partial charge in [-0.05, 0) is 314 Å². The van der Waals surface area contributed by atoms with E-state index in [0.29, 0.717) is 11.8 Å². The predicted octanol–water partition coefficient (Wildman–Crippen LogP) is 35.4. The van der Waals surface area contributed by atoms with Crippen molar-refractivity contribution in [3.8, 4) is 162 Å². The van der Waals surface area contributed by atoms with E-state index in [1.165, 1.54) is 201 Å². The average molecular weight is 2210 g/mol. The third-order valence-electron chi connectivity index (χ3n) is 28.2. The van der Waals surface area contributed by atoms with Gasteiger partial charge in [-0.25, -0.2) is 4.57 Å². The fraction of sp³-hybridized carbons (Fsp3) is 0.216. The van der Waals surface area contributed by atoms with Gasteiger partial charge in [0.15, 0.2) is 0 Å². The molecule has 0 atom stereocenters. The first kappa shape index (κ1) is 101. The molecule has 0 saturated carbocycles. The zero-order valence-electron chi connectivity index (χ0n) is 86.4. The average Bonchev–Trinajstić information content (AvgIpc) is 1.60. The minimum atomic E-state index is 0. The third kappa shape index (κ3) is 21.5. The molecule has 8 heteroatoms. The summed E-state index contributed by atoms with van der Waals surface area (Å²) < 4.78 is 9.25. The minimum Gasteiger partial charge on any atom is -0.340 e. The molecule has 0 amide bonds. The van der Waals surface area contributed by atoms with Gasteiger partial charge < -0.3 is 9.13 Å². The Morgan fingerprint density at radius 1 is 0.282 bits per heavy atom. The van der Waals surface area contributed by atoms with E-state index in [1.54, 1.807) is 0 Å². The van der Waals surface area contributed by atoms with E-state index >= 15 is 0 Å². The molecule has 1 aliphatic heterocycles. The second-order valence-corrected chi connectivity index (χ2v) is 43.1. The second-order valence-electron chi connectivity index (χ2n) is 43.1. The van der Waals surface area contributed by atoms with E-state index in [1.807, 2.05) is 36.8 Å². The van der Waals surface area contributed by atoms with Crippen molar-refractivity contribution in [3.63, 3.8) is 0 Å². The smallest absolute Gasteiger partial charge is 0.294 e. The van der Waals surface area contributed by atoms with Crippen molar-refractivity contribution in [1.82, 2.24) is 23.7 Å². The molecule has 1 aliphatic rings. The molecular formula is C134H131Ir2N6-. The van der Waals surface area contributed by atoms with Crippen LogP contribution in [0, 0.1) is 53.7 Å². The summed E-state index contributed by atoms with van der Waals surface area (Å²) in [5.74, 6) is 3.67. The summed E-state index contributed by atoms with van der Waals surface area (Å²) in [5, 5.41) is 0. The van der Waals surface area contributed by atoms with Gasteiger partial charge in [-0.3, -0.25) is 9.97 Å². The second kappa shape index (κ2) is 41.9. The van der Waals surface area contributed by atoms with Gasteiger partial charge in [-0.1, -0.05) is 335 Å². The Labute approximate surface area is 871 Å². The molecule has 20 rings (SSSR count). The Morgan fingerprint density at radius 2 is 0.627 bits per heavy atom. The van der Waals surface area contributed by atoms with Gasteiger partial charge in [0, 0.05) is 81.9 Å². The van der Waals surface area contributed by atoms with Gasteiger partial charge in [0.25, 0.3) is 5.82 Å². The summed E-state index contributed by atoms with van der Waals surface area (Å²) in [6.45, 7) is 50.8. The van der Waals surface area contributed by atoms with Gasteiger partial charge in [-0.15, -0.1) is 71.3 Å². The quantitative estimate of drug-likeness (QED) is 0.0674. The molecule has 2 radical (unpaired) electrons. The van der Waals surface area contributed by atoms with Crippen molar-refractivity contribution in [3.05, 3.63) is 455 Å². The topological polar surface area (TPSA) is 44.5 Å². The van der Waals surface area contributed by atoms with Crippen LogP contribution < -0.4 is 4.57 Å². The van der Waals surface area contributed by atoms with Crippen LogP contribution in [0.25, 0.3) is 162 Å². The summed E-state index contributed by atoms with van der Waals surface area (Å²) >= 11 is 0. The fourth-order valence-electron chi connectivity index (χ4n) is 20.3. The number of nitrogens with zero attached hydrogens (tertiary/aromatic N) is 6. The Hall–Kier alpha value is -13.6. The van der Waals surface area contributed by atoms with E-state index in [9.17, 15) is 0 Å². The normalized spacial score (nSPS) is 11.9. The number of hydrogen-bond donors (Lipinski definition) is 0. The van der Waals surface area contributed by atoms with E-state index in [-0.39, 0.29) is 61.9 Å². The zero-order chi connectivity index (χ0) is 98.4. The number of rotatable bonds is 17. The Balaban J connectivity index is 0.000000152. The number of fused-ring (bicyclic) bond motifs is 3. The molecule has 0 spiro atoms. The van der Waals surface area contributed by atoms with E-state index < -0.39 is 0 Å². The molecule has 6 nitrogen and oxygen atoms in total. The van der Waals surface area contributed by atoms with Crippen LogP contribution >= 0.6 is 0 Å². The van der Waals surface area contributed by atoms with Crippen molar-refractivity contribution < 1.29 is 44.8 Å². The maximum Gasteiger partial charge on any atom is 0.294 e. The number of aryl methyl sites for hydroxylation is 4. The van der Waals surface area contributed by atoms with Crippen LogP contribution in [0.3, 0.4) is 0 Å². The molecule has 0 N–H and O–H groups in total.